The first kappa shape index (κ1) is 20.0. The van der Waals surface area contributed by atoms with Gasteiger partial charge in [-0.25, -0.2) is 4.79 Å². The number of hydrogen-bond acceptors (Lipinski definition) is 6. The van der Waals surface area contributed by atoms with E-state index in [0.717, 1.165) is 5.01 Å². The SMILES string of the molecule is CCOC(=O)Nc1ccc(N2N=C(OCC)/C(=C/[O-])C2=O)cc1.[Na+]. The molecule has 24 heavy (non-hydrogen) atoms. The minimum atomic E-state index is -0.564. The van der Waals surface area contributed by atoms with Crippen LogP contribution >= 0.6 is 0 Å². The molecule has 0 spiro atoms. The third-order valence-electron chi connectivity index (χ3n) is 2.88. The normalized spacial score (nSPS) is 14.9. The average molecular weight is 341 g/mol. The number of benzene rings is 1. The number of hydrazone groups is 1. The van der Waals surface area contributed by atoms with Crippen LogP contribution in [0.25, 0.3) is 0 Å². The van der Waals surface area contributed by atoms with Crippen LogP contribution in [0.3, 0.4) is 0 Å². The van der Waals surface area contributed by atoms with Gasteiger partial charge in [-0.3, -0.25) is 10.1 Å². The molecule has 1 aliphatic rings. The smallest absolute Gasteiger partial charge is 0.877 e. The standard InChI is InChI=1S/C15H17N3O5.Na/c1-3-22-13-12(9-19)14(20)18(17-13)11-7-5-10(6-8-11)16-15(21)23-4-2;/h5-9,19H,3-4H2,1-2H3,(H,16,21);/q;+1/p-1/b12-9-;. The third-order valence-corrected chi connectivity index (χ3v) is 2.88. The number of nitrogens with one attached hydrogen (secondary N) is 1. The Balaban J connectivity index is 0.00000288. The van der Waals surface area contributed by atoms with Gasteiger partial charge in [0, 0.05) is 5.69 Å². The zero-order valence-corrected chi connectivity index (χ0v) is 15.7. The minimum absolute atomic E-state index is 0. The van der Waals surface area contributed by atoms with Crippen LogP contribution in [0.15, 0.2) is 41.2 Å². The van der Waals surface area contributed by atoms with Crippen molar-refractivity contribution in [1.29, 1.82) is 0 Å². The first-order chi connectivity index (χ1) is 11.1. The van der Waals surface area contributed by atoms with E-state index >= 15 is 0 Å². The monoisotopic (exact) mass is 341 g/mol. The molecule has 1 heterocycles. The Morgan fingerprint density at radius 1 is 1.29 bits per heavy atom. The number of ether oxygens (including phenoxy) is 2. The Morgan fingerprint density at radius 3 is 2.50 bits per heavy atom. The van der Waals surface area contributed by atoms with Crippen LogP contribution in [0.2, 0.25) is 0 Å². The summed E-state index contributed by atoms with van der Waals surface area (Å²) in [5.74, 6) is -0.559. The molecule has 0 saturated heterocycles. The van der Waals surface area contributed by atoms with E-state index in [9.17, 15) is 14.7 Å². The van der Waals surface area contributed by atoms with Crippen LogP contribution in [0.5, 0.6) is 0 Å². The van der Waals surface area contributed by atoms with E-state index in [1.54, 1.807) is 38.1 Å². The number of hydrogen-bond donors (Lipinski definition) is 1. The maximum atomic E-state index is 12.1. The molecule has 122 valence electrons. The molecular formula is C15H16N3NaO5. The topological polar surface area (TPSA) is 103 Å². The van der Waals surface area contributed by atoms with E-state index in [0.29, 0.717) is 24.2 Å². The maximum absolute atomic E-state index is 12.1. The second kappa shape index (κ2) is 9.31. The molecule has 0 radical (unpaired) electrons. The zero-order valence-electron chi connectivity index (χ0n) is 13.7. The molecule has 0 bridgehead atoms. The summed E-state index contributed by atoms with van der Waals surface area (Å²) < 4.78 is 9.94. The Hall–Kier alpha value is -2.03. The number of amides is 2. The summed E-state index contributed by atoms with van der Waals surface area (Å²) in [6.45, 7) is 4.00. The van der Waals surface area contributed by atoms with Crippen molar-refractivity contribution >= 4 is 29.3 Å². The molecule has 1 aromatic rings. The van der Waals surface area contributed by atoms with Gasteiger partial charge in [0.15, 0.2) is 0 Å². The third kappa shape index (κ3) is 4.50. The van der Waals surface area contributed by atoms with E-state index in [1.807, 2.05) is 0 Å². The molecule has 0 saturated carbocycles. The number of rotatable bonds is 4. The molecule has 0 atom stereocenters. The van der Waals surface area contributed by atoms with E-state index in [2.05, 4.69) is 10.4 Å². The summed E-state index contributed by atoms with van der Waals surface area (Å²) >= 11 is 0. The summed E-state index contributed by atoms with van der Waals surface area (Å²) in [4.78, 5) is 23.5. The Morgan fingerprint density at radius 2 is 1.96 bits per heavy atom. The molecule has 2 rings (SSSR count). The van der Waals surface area contributed by atoms with Crippen LogP contribution in [-0.2, 0) is 14.3 Å². The molecule has 0 unspecified atom stereocenters. The van der Waals surface area contributed by atoms with E-state index in [4.69, 9.17) is 9.47 Å². The van der Waals surface area contributed by atoms with Crippen LogP contribution in [0.1, 0.15) is 13.8 Å². The summed E-state index contributed by atoms with van der Waals surface area (Å²) in [5, 5.41) is 18.6. The Labute approximate surface area is 161 Å². The Kier molecular flexibility index (Phi) is 7.76. The molecule has 8 nitrogen and oxygen atoms in total. The predicted molar refractivity (Wildman–Crippen MR) is 81.7 cm³/mol. The van der Waals surface area contributed by atoms with Gasteiger partial charge in [-0.2, -0.15) is 5.01 Å². The second-order valence-corrected chi connectivity index (χ2v) is 4.38. The van der Waals surface area contributed by atoms with Crippen LogP contribution in [-0.4, -0.2) is 31.1 Å². The fraction of sp³-hybridized carbons (Fsp3) is 0.267. The zero-order chi connectivity index (χ0) is 16.8. The van der Waals surface area contributed by atoms with Crippen molar-refractivity contribution < 1.29 is 53.7 Å². The van der Waals surface area contributed by atoms with E-state index in [-0.39, 0.29) is 47.6 Å². The van der Waals surface area contributed by atoms with Gasteiger partial charge >= 0.3 is 35.7 Å². The quantitative estimate of drug-likeness (QED) is 0.395. The first-order valence-electron chi connectivity index (χ1n) is 7.02. The van der Waals surface area contributed by atoms with Gasteiger partial charge in [0.1, 0.15) is 0 Å². The maximum Gasteiger partial charge on any atom is 1.00 e. The average Bonchev–Trinajstić information content (AvgIpc) is 2.84. The molecule has 9 heteroatoms. The van der Waals surface area contributed by atoms with Crippen molar-refractivity contribution in [3.05, 3.63) is 36.1 Å². The summed E-state index contributed by atoms with van der Waals surface area (Å²) in [6, 6.07) is 6.35. The molecule has 0 aromatic heterocycles. The van der Waals surface area contributed by atoms with Crippen molar-refractivity contribution in [1.82, 2.24) is 0 Å². The van der Waals surface area contributed by atoms with Gasteiger partial charge in [0.25, 0.3) is 5.91 Å². The van der Waals surface area contributed by atoms with Gasteiger partial charge in [-0.15, -0.1) is 11.4 Å². The van der Waals surface area contributed by atoms with E-state index < -0.39 is 12.0 Å². The van der Waals surface area contributed by atoms with Gasteiger partial charge in [-0.1, -0.05) is 0 Å². The number of carbonyl (C=O) groups is 2. The number of anilines is 2. The summed E-state index contributed by atoms with van der Waals surface area (Å²) in [6.07, 6.45) is -0.140. The molecule has 1 N–H and O–H groups in total. The van der Waals surface area contributed by atoms with Crippen molar-refractivity contribution in [2.45, 2.75) is 13.8 Å². The molecule has 0 fully saturated rings. The van der Waals surface area contributed by atoms with Gasteiger partial charge < -0.3 is 14.6 Å². The van der Waals surface area contributed by atoms with E-state index in [1.165, 1.54) is 0 Å². The van der Waals surface area contributed by atoms with Crippen molar-refractivity contribution in [2.24, 2.45) is 5.10 Å². The Bertz CT molecular complexity index is 658. The van der Waals surface area contributed by atoms with Gasteiger partial charge in [0.05, 0.1) is 24.5 Å². The van der Waals surface area contributed by atoms with Gasteiger partial charge in [-0.05, 0) is 38.1 Å². The van der Waals surface area contributed by atoms with Crippen LogP contribution in [0, 0.1) is 0 Å². The number of nitrogens with zero attached hydrogens (tertiary/aromatic N) is 2. The van der Waals surface area contributed by atoms with Crippen molar-refractivity contribution in [3.8, 4) is 0 Å². The first-order valence-corrected chi connectivity index (χ1v) is 7.02. The molecule has 2 amide bonds. The molecule has 0 aliphatic carbocycles. The molecule has 1 aromatic carbocycles. The molecule has 1 aliphatic heterocycles. The van der Waals surface area contributed by atoms with Crippen molar-refractivity contribution in [3.63, 3.8) is 0 Å². The fourth-order valence-electron chi connectivity index (χ4n) is 1.89. The van der Waals surface area contributed by atoms with Gasteiger partial charge in [0.2, 0.25) is 5.90 Å². The summed E-state index contributed by atoms with van der Waals surface area (Å²) in [7, 11) is 0. The predicted octanol–water partition coefficient (Wildman–Crippen LogP) is -1.80. The van der Waals surface area contributed by atoms with Crippen LogP contribution in [0.4, 0.5) is 16.2 Å². The number of carbonyl (C=O) groups excluding carboxylic acids is 2. The second-order valence-electron chi connectivity index (χ2n) is 4.38. The summed E-state index contributed by atoms with van der Waals surface area (Å²) in [5.41, 5.74) is 0.825. The minimum Gasteiger partial charge on any atom is -0.877 e. The fourth-order valence-corrected chi connectivity index (χ4v) is 1.89. The van der Waals surface area contributed by atoms with Crippen molar-refractivity contribution in [2.75, 3.05) is 23.5 Å². The largest absolute Gasteiger partial charge is 1.00 e. The van der Waals surface area contributed by atoms with Crippen LogP contribution < -0.4 is 45.0 Å². The molecular weight excluding hydrogens is 325 g/mol.